The molecular weight excluding hydrogens is 332 g/mol. The molecule has 0 saturated carbocycles. The first-order valence-corrected chi connectivity index (χ1v) is 8.44. The summed E-state index contributed by atoms with van der Waals surface area (Å²) in [5, 5.41) is 3.57. The summed E-state index contributed by atoms with van der Waals surface area (Å²) in [6.07, 6.45) is 1.46. The van der Waals surface area contributed by atoms with Gasteiger partial charge in [0.2, 0.25) is 0 Å². The van der Waals surface area contributed by atoms with E-state index < -0.39 is 23.7 Å². The number of ether oxygens (including phenoxy) is 2. The standard InChI is InChI=1S/C20H26N2O4/c1-12(2)14-8-7-9-15-13(11-21-17(14)15)10-16(18(23)25-6)22-19(24)26-20(3,4)5/h7-9,11,16,21H,1,10H2,2-6H3,(H,22,24)/t16-/m0/s1. The van der Waals surface area contributed by atoms with E-state index in [0.29, 0.717) is 0 Å². The summed E-state index contributed by atoms with van der Waals surface area (Å²) < 4.78 is 10.1. The molecule has 1 aromatic heterocycles. The summed E-state index contributed by atoms with van der Waals surface area (Å²) >= 11 is 0. The Morgan fingerprint density at radius 3 is 2.58 bits per heavy atom. The van der Waals surface area contributed by atoms with Gasteiger partial charge in [-0.25, -0.2) is 9.59 Å². The number of methoxy groups -OCH3 is 1. The summed E-state index contributed by atoms with van der Waals surface area (Å²) in [7, 11) is 1.29. The highest BCUT2D eigenvalue weighted by molar-refractivity contribution is 5.93. The summed E-state index contributed by atoms with van der Waals surface area (Å²) in [6.45, 7) is 11.2. The molecule has 26 heavy (non-hydrogen) atoms. The van der Waals surface area contributed by atoms with Crippen molar-refractivity contribution in [2.45, 2.75) is 45.8 Å². The maximum absolute atomic E-state index is 12.1. The van der Waals surface area contributed by atoms with Crippen molar-refractivity contribution < 1.29 is 19.1 Å². The third kappa shape index (κ3) is 4.65. The second-order valence-electron chi connectivity index (χ2n) is 7.25. The fourth-order valence-electron chi connectivity index (χ4n) is 2.74. The molecule has 1 heterocycles. The molecule has 1 atom stereocenters. The molecule has 140 valence electrons. The van der Waals surface area contributed by atoms with Gasteiger partial charge < -0.3 is 19.8 Å². The molecule has 2 aromatic rings. The normalized spacial score (nSPS) is 12.5. The van der Waals surface area contributed by atoms with E-state index in [0.717, 1.165) is 27.6 Å². The van der Waals surface area contributed by atoms with E-state index >= 15 is 0 Å². The van der Waals surface area contributed by atoms with E-state index in [4.69, 9.17) is 9.47 Å². The predicted molar refractivity (Wildman–Crippen MR) is 102 cm³/mol. The molecule has 6 nitrogen and oxygen atoms in total. The van der Waals surface area contributed by atoms with Crippen LogP contribution >= 0.6 is 0 Å². The van der Waals surface area contributed by atoms with E-state index in [2.05, 4.69) is 16.9 Å². The highest BCUT2D eigenvalue weighted by Crippen LogP contribution is 2.26. The summed E-state index contributed by atoms with van der Waals surface area (Å²) in [6, 6.07) is 5.05. The lowest BCUT2D eigenvalue weighted by Crippen LogP contribution is -2.45. The molecule has 0 aliphatic carbocycles. The van der Waals surface area contributed by atoms with Crippen molar-refractivity contribution in [1.29, 1.82) is 0 Å². The minimum Gasteiger partial charge on any atom is -0.467 e. The van der Waals surface area contributed by atoms with Crippen LogP contribution in [-0.2, 0) is 20.7 Å². The van der Waals surface area contributed by atoms with Gasteiger partial charge in [-0.2, -0.15) is 0 Å². The van der Waals surface area contributed by atoms with Crippen molar-refractivity contribution in [3.63, 3.8) is 0 Å². The molecule has 0 radical (unpaired) electrons. The van der Waals surface area contributed by atoms with Crippen LogP contribution in [0.1, 0.15) is 38.8 Å². The zero-order chi connectivity index (χ0) is 19.5. The molecule has 0 aliphatic rings. The number of hydrogen-bond donors (Lipinski definition) is 2. The van der Waals surface area contributed by atoms with E-state index in [1.165, 1.54) is 7.11 Å². The first kappa shape index (κ1) is 19.6. The minimum atomic E-state index is -0.845. The third-order valence-corrected chi connectivity index (χ3v) is 3.86. The zero-order valence-corrected chi connectivity index (χ0v) is 15.9. The number of aromatic nitrogens is 1. The molecule has 0 unspecified atom stereocenters. The molecule has 0 saturated heterocycles. The Hall–Kier alpha value is -2.76. The number of carbonyl (C=O) groups is 2. The zero-order valence-electron chi connectivity index (χ0n) is 15.9. The van der Waals surface area contributed by atoms with Crippen molar-refractivity contribution >= 4 is 28.5 Å². The predicted octanol–water partition coefficient (Wildman–Crippen LogP) is 3.81. The van der Waals surface area contributed by atoms with E-state index in [1.54, 1.807) is 20.8 Å². The fourth-order valence-corrected chi connectivity index (χ4v) is 2.74. The quantitative estimate of drug-likeness (QED) is 0.797. The van der Waals surface area contributed by atoms with Crippen molar-refractivity contribution in [3.8, 4) is 0 Å². The average molecular weight is 358 g/mol. The van der Waals surface area contributed by atoms with Gasteiger partial charge >= 0.3 is 12.1 Å². The number of nitrogens with one attached hydrogen (secondary N) is 2. The number of esters is 1. The molecule has 2 rings (SSSR count). The molecule has 6 heteroatoms. The number of amides is 1. The lowest BCUT2D eigenvalue weighted by atomic mass is 10.0. The van der Waals surface area contributed by atoms with Gasteiger partial charge in [0.05, 0.1) is 12.6 Å². The molecular formula is C20H26N2O4. The molecule has 0 bridgehead atoms. The minimum absolute atomic E-state index is 0.283. The lowest BCUT2D eigenvalue weighted by molar-refractivity contribution is -0.143. The molecule has 0 spiro atoms. The third-order valence-electron chi connectivity index (χ3n) is 3.86. The number of alkyl carbamates (subject to hydrolysis) is 1. The van der Waals surface area contributed by atoms with Gasteiger partial charge in [0.25, 0.3) is 0 Å². The maximum Gasteiger partial charge on any atom is 0.408 e. The van der Waals surface area contributed by atoms with Crippen LogP contribution in [0.25, 0.3) is 16.5 Å². The van der Waals surface area contributed by atoms with Gasteiger partial charge in [-0.05, 0) is 38.8 Å². The van der Waals surface area contributed by atoms with E-state index in [9.17, 15) is 9.59 Å². The maximum atomic E-state index is 12.1. The Labute approximate surface area is 153 Å². The average Bonchev–Trinajstić information content (AvgIpc) is 2.94. The Bertz CT molecular complexity index is 830. The topological polar surface area (TPSA) is 80.4 Å². The van der Waals surface area contributed by atoms with E-state index in [1.807, 2.05) is 31.3 Å². The Kier molecular flexibility index (Phi) is 5.75. The lowest BCUT2D eigenvalue weighted by Gasteiger charge is -2.22. The van der Waals surface area contributed by atoms with Gasteiger partial charge in [0.15, 0.2) is 0 Å². The second-order valence-corrected chi connectivity index (χ2v) is 7.25. The number of rotatable bonds is 5. The largest absolute Gasteiger partial charge is 0.467 e. The van der Waals surface area contributed by atoms with Crippen molar-refractivity contribution in [2.24, 2.45) is 0 Å². The van der Waals surface area contributed by atoms with Crippen LogP contribution in [0.2, 0.25) is 0 Å². The molecule has 2 N–H and O–H groups in total. The van der Waals surface area contributed by atoms with Crippen LogP contribution in [0.5, 0.6) is 0 Å². The molecule has 0 fully saturated rings. The Morgan fingerprint density at radius 1 is 1.31 bits per heavy atom. The SMILES string of the molecule is C=C(C)c1cccc2c(C[C@H](NC(=O)OC(C)(C)C)C(=O)OC)c[nH]c12. The van der Waals surface area contributed by atoms with Crippen LogP contribution in [0.15, 0.2) is 31.0 Å². The van der Waals surface area contributed by atoms with Crippen LogP contribution in [-0.4, -0.2) is 35.8 Å². The monoisotopic (exact) mass is 358 g/mol. The molecule has 1 amide bonds. The Morgan fingerprint density at radius 2 is 2.00 bits per heavy atom. The number of aromatic amines is 1. The van der Waals surface area contributed by atoms with Gasteiger partial charge in [0.1, 0.15) is 11.6 Å². The second kappa shape index (κ2) is 7.64. The Balaban J connectivity index is 2.28. The van der Waals surface area contributed by atoms with Crippen molar-refractivity contribution in [3.05, 3.63) is 42.1 Å². The van der Waals surface area contributed by atoms with Crippen LogP contribution in [0.3, 0.4) is 0 Å². The van der Waals surface area contributed by atoms with Crippen molar-refractivity contribution in [2.75, 3.05) is 7.11 Å². The smallest absolute Gasteiger partial charge is 0.408 e. The first-order chi connectivity index (χ1) is 12.1. The number of H-pyrrole nitrogens is 1. The van der Waals surface area contributed by atoms with Crippen LogP contribution < -0.4 is 5.32 Å². The fraction of sp³-hybridized carbons (Fsp3) is 0.400. The highest BCUT2D eigenvalue weighted by atomic mass is 16.6. The summed E-state index contributed by atoms with van der Waals surface area (Å²) in [5.74, 6) is -0.527. The number of para-hydroxylation sites is 1. The first-order valence-electron chi connectivity index (χ1n) is 8.44. The highest BCUT2D eigenvalue weighted by Gasteiger charge is 2.26. The number of fused-ring (bicyclic) bond motifs is 1. The van der Waals surface area contributed by atoms with Crippen molar-refractivity contribution in [1.82, 2.24) is 10.3 Å². The van der Waals surface area contributed by atoms with Gasteiger partial charge in [-0.15, -0.1) is 0 Å². The summed E-state index contributed by atoms with van der Waals surface area (Å²) in [4.78, 5) is 27.4. The number of allylic oxidation sites excluding steroid dienone is 1. The van der Waals surface area contributed by atoms with Crippen LogP contribution in [0, 0.1) is 0 Å². The summed E-state index contributed by atoms with van der Waals surface area (Å²) in [5.41, 5.74) is 3.16. The molecule has 1 aromatic carbocycles. The van der Waals surface area contributed by atoms with E-state index in [-0.39, 0.29) is 6.42 Å². The number of hydrogen-bond acceptors (Lipinski definition) is 4. The number of carbonyl (C=O) groups excluding carboxylic acids is 2. The molecule has 0 aliphatic heterocycles. The van der Waals surface area contributed by atoms with Crippen LogP contribution in [0.4, 0.5) is 4.79 Å². The van der Waals surface area contributed by atoms with Gasteiger partial charge in [0, 0.05) is 23.6 Å². The number of benzene rings is 1. The van der Waals surface area contributed by atoms with Gasteiger partial charge in [-0.1, -0.05) is 24.8 Å². The van der Waals surface area contributed by atoms with Gasteiger partial charge in [-0.3, -0.25) is 0 Å².